The van der Waals surface area contributed by atoms with Crippen molar-refractivity contribution in [3.05, 3.63) is 18.6 Å². The minimum Gasteiger partial charge on any atom is -0.388 e. The molecule has 0 amide bonds. The molecule has 1 N–H and O–H groups in total. The van der Waals surface area contributed by atoms with Crippen LogP contribution in [0.25, 0.3) is 11.0 Å². The van der Waals surface area contributed by atoms with Crippen LogP contribution in [0.4, 0.5) is 5.82 Å². The normalized spacial score (nSPS) is 18.1. The number of hydrogen-bond acceptors (Lipinski definition) is 4. The molecule has 0 bridgehead atoms. The molecule has 3 rings (SSSR count). The van der Waals surface area contributed by atoms with Crippen LogP contribution in [0.2, 0.25) is 0 Å². The minimum absolute atomic E-state index is 0.562. The molecule has 19 heavy (non-hydrogen) atoms. The van der Waals surface area contributed by atoms with Gasteiger partial charge in [0.05, 0.1) is 17.4 Å². The van der Waals surface area contributed by atoms with E-state index in [0.29, 0.717) is 6.54 Å². The lowest BCUT2D eigenvalue weighted by atomic mass is 10.0. The standard InChI is InChI=1S/C14H20N4O/c1-17(9-14(19)6-3-4-7-14)13-12-11(5-8-15-13)18(2)10-16-12/h5,8,10,19H,3-4,6-7,9H2,1-2H3. The molecule has 2 aromatic heterocycles. The van der Waals surface area contributed by atoms with Gasteiger partial charge in [0.2, 0.25) is 0 Å². The van der Waals surface area contributed by atoms with Crippen LogP contribution in [0.15, 0.2) is 18.6 Å². The number of rotatable bonds is 3. The van der Waals surface area contributed by atoms with Crippen LogP contribution in [-0.4, -0.2) is 38.8 Å². The zero-order chi connectivity index (χ0) is 13.5. The molecule has 5 nitrogen and oxygen atoms in total. The van der Waals surface area contributed by atoms with E-state index in [0.717, 1.165) is 42.5 Å². The summed E-state index contributed by atoms with van der Waals surface area (Å²) in [5, 5.41) is 10.5. The van der Waals surface area contributed by atoms with Gasteiger partial charge in [0.25, 0.3) is 0 Å². The topological polar surface area (TPSA) is 54.2 Å². The highest BCUT2D eigenvalue weighted by atomic mass is 16.3. The lowest BCUT2D eigenvalue weighted by Gasteiger charge is -2.29. The highest BCUT2D eigenvalue weighted by Crippen LogP contribution is 2.31. The molecule has 1 aliphatic rings. The molecule has 1 aliphatic carbocycles. The molecule has 5 heteroatoms. The SMILES string of the molecule is CN(CC1(O)CCCC1)c1nccc2c1ncn2C. The van der Waals surface area contributed by atoms with Crippen LogP contribution in [-0.2, 0) is 7.05 Å². The first-order chi connectivity index (χ1) is 9.09. The Kier molecular flexibility index (Phi) is 2.93. The van der Waals surface area contributed by atoms with Gasteiger partial charge in [-0.15, -0.1) is 0 Å². The van der Waals surface area contributed by atoms with Gasteiger partial charge in [0, 0.05) is 26.8 Å². The average molecular weight is 260 g/mol. The average Bonchev–Trinajstić information content (AvgIpc) is 2.97. The first-order valence-corrected chi connectivity index (χ1v) is 6.79. The smallest absolute Gasteiger partial charge is 0.156 e. The highest BCUT2D eigenvalue weighted by molar-refractivity contribution is 5.86. The highest BCUT2D eigenvalue weighted by Gasteiger charge is 2.33. The summed E-state index contributed by atoms with van der Waals surface area (Å²) in [6.45, 7) is 0.621. The van der Waals surface area contributed by atoms with E-state index >= 15 is 0 Å². The van der Waals surface area contributed by atoms with Crippen LogP contribution in [0.3, 0.4) is 0 Å². The van der Waals surface area contributed by atoms with Gasteiger partial charge in [-0.05, 0) is 18.9 Å². The second-order valence-electron chi connectivity index (χ2n) is 5.65. The molecule has 0 atom stereocenters. The van der Waals surface area contributed by atoms with Gasteiger partial charge in [0.1, 0.15) is 5.52 Å². The summed E-state index contributed by atoms with van der Waals surface area (Å²) in [4.78, 5) is 10.9. The molecule has 0 spiro atoms. The maximum Gasteiger partial charge on any atom is 0.156 e. The Morgan fingerprint density at radius 2 is 2.11 bits per heavy atom. The minimum atomic E-state index is -0.562. The van der Waals surface area contributed by atoms with Gasteiger partial charge in [-0.1, -0.05) is 12.8 Å². The quantitative estimate of drug-likeness (QED) is 0.913. The van der Waals surface area contributed by atoms with Crippen molar-refractivity contribution in [1.29, 1.82) is 0 Å². The predicted octanol–water partition coefficient (Wildman–Crippen LogP) is 1.71. The Labute approximate surface area is 112 Å². The van der Waals surface area contributed by atoms with Crippen molar-refractivity contribution in [2.45, 2.75) is 31.3 Å². The van der Waals surface area contributed by atoms with Crippen molar-refractivity contribution in [1.82, 2.24) is 14.5 Å². The van der Waals surface area contributed by atoms with Crippen LogP contribution in [0.5, 0.6) is 0 Å². The number of aliphatic hydroxyl groups is 1. The maximum absolute atomic E-state index is 10.5. The van der Waals surface area contributed by atoms with Crippen LogP contribution >= 0.6 is 0 Å². The largest absolute Gasteiger partial charge is 0.388 e. The van der Waals surface area contributed by atoms with Crippen LogP contribution in [0.1, 0.15) is 25.7 Å². The van der Waals surface area contributed by atoms with E-state index in [1.54, 1.807) is 12.5 Å². The van der Waals surface area contributed by atoms with Gasteiger partial charge < -0.3 is 14.6 Å². The van der Waals surface area contributed by atoms with E-state index in [1.807, 2.05) is 29.6 Å². The summed E-state index contributed by atoms with van der Waals surface area (Å²) >= 11 is 0. The molecule has 2 heterocycles. The van der Waals surface area contributed by atoms with Gasteiger partial charge >= 0.3 is 0 Å². The summed E-state index contributed by atoms with van der Waals surface area (Å²) < 4.78 is 1.98. The Bertz CT molecular complexity index is 586. The van der Waals surface area contributed by atoms with Crippen molar-refractivity contribution in [3.8, 4) is 0 Å². The van der Waals surface area contributed by atoms with Crippen molar-refractivity contribution in [2.24, 2.45) is 7.05 Å². The predicted molar refractivity (Wildman–Crippen MR) is 75.2 cm³/mol. The summed E-state index contributed by atoms with van der Waals surface area (Å²) in [6.07, 6.45) is 7.60. The number of nitrogens with zero attached hydrogens (tertiary/aromatic N) is 4. The molecule has 1 fully saturated rings. The zero-order valence-electron chi connectivity index (χ0n) is 11.5. The number of fused-ring (bicyclic) bond motifs is 1. The van der Waals surface area contributed by atoms with Gasteiger partial charge in [0.15, 0.2) is 5.82 Å². The third-order valence-electron chi connectivity index (χ3n) is 4.05. The number of hydrogen-bond donors (Lipinski definition) is 1. The Morgan fingerprint density at radius 1 is 1.37 bits per heavy atom. The summed E-state index contributed by atoms with van der Waals surface area (Å²) in [5.41, 5.74) is 1.40. The molecule has 1 saturated carbocycles. The molecule has 2 aromatic rings. The number of aromatic nitrogens is 3. The van der Waals surface area contributed by atoms with Crippen molar-refractivity contribution in [2.75, 3.05) is 18.5 Å². The van der Waals surface area contributed by atoms with E-state index in [1.165, 1.54) is 0 Å². The Balaban J connectivity index is 1.91. The molecule has 0 aromatic carbocycles. The molecule has 0 unspecified atom stereocenters. The fourth-order valence-corrected chi connectivity index (χ4v) is 3.04. The van der Waals surface area contributed by atoms with Crippen molar-refractivity contribution < 1.29 is 5.11 Å². The zero-order valence-corrected chi connectivity index (χ0v) is 11.5. The second kappa shape index (κ2) is 4.49. The van der Waals surface area contributed by atoms with E-state index in [9.17, 15) is 5.11 Å². The summed E-state index contributed by atoms with van der Waals surface area (Å²) in [6, 6.07) is 1.96. The molecule has 0 saturated heterocycles. The summed E-state index contributed by atoms with van der Waals surface area (Å²) in [7, 11) is 3.95. The third kappa shape index (κ3) is 2.18. The van der Waals surface area contributed by atoms with Crippen molar-refractivity contribution >= 4 is 16.9 Å². The first-order valence-electron chi connectivity index (χ1n) is 6.79. The van der Waals surface area contributed by atoms with Crippen LogP contribution < -0.4 is 4.90 Å². The Hall–Kier alpha value is -1.62. The first kappa shape index (κ1) is 12.4. The number of likely N-dealkylation sites (N-methyl/N-ethyl adjacent to an activating group) is 1. The lowest BCUT2D eigenvalue weighted by Crippen LogP contribution is -2.39. The second-order valence-corrected chi connectivity index (χ2v) is 5.65. The third-order valence-corrected chi connectivity index (χ3v) is 4.05. The molecule has 0 radical (unpaired) electrons. The fourth-order valence-electron chi connectivity index (χ4n) is 3.04. The molecular weight excluding hydrogens is 240 g/mol. The van der Waals surface area contributed by atoms with E-state index in [2.05, 4.69) is 9.97 Å². The van der Waals surface area contributed by atoms with Gasteiger partial charge in [-0.3, -0.25) is 0 Å². The van der Waals surface area contributed by atoms with E-state index < -0.39 is 5.60 Å². The molecule has 102 valence electrons. The van der Waals surface area contributed by atoms with Gasteiger partial charge in [-0.2, -0.15) is 0 Å². The molecular formula is C14H20N4O. The lowest BCUT2D eigenvalue weighted by molar-refractivity contribution is 0.0558. The monoisotopic (exact) mass is 260 g/mol. The van der Waals surface area contributed by atoms with E-state index in [4.69, 9.17) is 0 Å². The Morgan fingerprint density at radius 3 is 2.84 bits per heavy atom. The fraction of sp³-hybridized carbons (Fsp3) is 0.571. The number of imidazole rings is 1. The van der Waals surface area contributed by atoms with E-state index in [-0.39, 0.29) is 0 Å². The van der Waals surface area contributed by atoms with Gasteiger partial charge in [-0.25, -0.2) is 9.97 Å². The number of aryl methyl sites for hydroxylation is 1. The molecule has 0 aliphatic heterocycles. The number of pyridine rings is 1. The van der Waals surface area contributed by atoms with Crippen molar-refractivity contribution in [3.63, 3.8) is 0 Å². The maximum atomic E-state index is 10.5. The number of anilines is 1. The van der Waals surface area contributed by atoms with Crippen LogP contribution in [0, 0.1) is 0 Å². The summed E-state index contributed by atoms with van der Waals surface area (Å²) in [5.74, 6) is 0.846.